The molecule has 1 saturated heterocycles. The highest BCUT2D eigenvalue weighted by Gasteiger charge is 2.24. The highest BCUT2D eigenvalue weighted by molar-refractivity contribution is 7.92. The van der Waals surface area contributed by atoms with Crippen LogP contribution < -0.4 is 31.3 Å². The predicted octanol–water partition coefficient (Wildman–Crippen LogP) is 4.74. The number of para-hydroxylation sites is 2. The van der Waals surface area contributed by atoms with E-state index in [1.54, 1.807) is 45.2 Å². The Bertz CT molecular complexity index is 1740. The Morgan fingerprint density at radius 3 is 2.45 bits per heavy atom. The van der Waals surface area contributed by atoms with E-state index in [0.29, 0.717) is 53.4 Å². The zero-order valence-electron chi connectivity index (χ0n) is 25.2. The number of nitrogens with one attached hydrogen (secondary N) is 3. The van der Waals surface area contributed by atoms with Crippen LogP contribution in [-0.2, 0) is 14.6 Å². The lowest BCUT2D eigenvalue weighted by molar-refractivity contribution is -0.117. The normalized spacial score (nSPS) is 14.1. The van der Waals surface area contributed by atoms with Gasteiger partial charge in [-0.15, -0.1) is 0 Å². The van der Waals surface area contributed by atoms with E-state index in [1.165, 1.54) is 0 Å². The van der Waals surface area contributed by atoms with E-state index < -0.39 is 15.1 Å². The van der Waals surface area contributed by atoms with E-state index in [2.05, 4.69) is 20.9 Å². The first-order valence-electron chi connectivity index (χ1n) is 14.7. The minimum absolute atomic E-state index is 0.218. The third-order valence-electron chi connectivity index (χ3n) is 7.77. The molecule has 0 radical (unpaired) electrons. The van der Waals surface area contributed by atoms with Gasteiger partial charge in [0.1, 0.15) is 11.6 Å². The summed E-state index contributed by atoms with van der Waals surface area (Å²) in [5, 5.41) is 10.2. The highest BCUT2D eigenvalue weighted by Crippen LogP contribution is 2.35. The van der Waals surface area contributed by atoms with Crippen LogP contribution in [0.5, 0.6) is 5.75 Å². The van der Waals surface area contributed by atoms with Crippen molar-refractivity contribution in [2.45, 2.75) is 49.3 Å². The van der Waals surface area contributed by atoms with Crippen molar-refractivity contribution in [2.24, 2.45) is 5.73 Å². The predicted molar refractivity (Wildman–Crippen MR) is 175 cm³/mol. The number of carbonyl (C=O) groups is 1. The first-order valence-corrected chi connectivity index (χ1v) is 16.3. The smallest absolute Gasteiger partial charge is 0.229 e. The molecule has 1 fully saturated rings. The van der Waals surface area contributed by atoms with Gasteiger partial charge in [-0.1, -0.05) is 24.3 Å². The number of ether oxygens (including phenoxy) is 1. The number of amides is 1. The van der Waals surface area contributed by atoms with Crippen molar-refractivity contribution >= 4 is 55.5 Å². The van der Waals surface area contributed by atoms with Crippen LogP contribution in [0.1, 0.15) is 33.1 Å². The topological polar surface area (TPSA) is 152 Å². The standard InChI is InChI=1S/C32H39N7O4S/c1-21(2)44(41,42)29-11-7-6-10-27(29)35-31-24-8-4-5-9-25(24)36-32(38-31)37-26-13-12-23(20-28(26)43-3)39-18-15-22(16-19-39)34-17-14-30(33)40/h4-13,20-22,34H,14-19H2,1-3H3,(H2,33,40)(H2,35,36,37,38). The maximum Gasteiger partial charge on any atom is 0.229 e. The van der Waals surface area contributed by atoms with Crippen LogP contribution in [0, 0.1) is 0 Å². The van der Waals surface area contributed by atoms with Crippen LogP contribution in [0.2, 0.25) is 0 Å². The summed E-state index contributed by atoms with van der Waals surface area (Å²) in [6.07, 6.45) is 2.27. The number of carbonyl (C=O) groups excluding carboxylic acids is 1. The minimum atomic E-state index is -3.54. The molecule has 0 spiro atoms. The number of methoxy groups -OCH3 is 1. The first-order chi connectivity index (χ1) is 21.2. The lowest BCUT2D eigenvalue weighted by Crippen LogP contribution is -2.43. The van der Waals surface area contributed by atoms with Crippen molar-refractivity contribution < 1.29 is 17.9 Å². The summed E-state index contributed by atoms with van der Waals surface area (Å²) in [6, 6.07) is 20.8. The molecule has 0 aliphatic carbocycles. The van der Waals surface area contributed by atoms with Crippen LogP contribution in [0.25, 0.3) is 10.9 Å². The maximum absolute atomic E-state index is 13.1. The van der Waals surface area contributed by atoms with Gasteiger partial charge in [-0.2, -0.15) is 4.98 Å². The van der Waals surface area contributed by atoms with Gasteiger partial charge in [-0.3, -0.25) is 4.79 Å². The fourth-order valence-electron chi connectivity index (χ4n) is 5.27. The fraction of sp³-hybridized carbons (Fsp3) is 0.344. The number of piperidine rings is 1. The van der Waals surface area contributed by atoms with Crippen molar-refractivity contribution in [3.05, 3.63) is 66.7 Å². The molecule has 11 nitrogen and oxygen atoms in total. The van der Waals surface area contributed by atoms with Gasteiger partial charge in [0, 0.05) is 49.2 Å². The molecular formula is C32H39N7O4S. The second-order valence-corrected chi connectivity index (χ2v) is 13.5. The number of fused-ring (bicyclic) bond motifs is 1. The number of sulfone groups is 1. The largest absolute Gasteiger partial charge is 0.494 e. The maximum atomic E-state index is 13.1. The Balaban J connectivity index is 1.37. The lowest BCUT2D eigenvalue weighted by Gasteiger charge is -2.34. The number of benzene rings is 3. The van der Waals surface area contributed by atoms with Crippen molar-refractivity contribution in [2.75, 3.05) is 42.3 Å². The molecule has 12 heteroatoms. The summed E-state index contributed by atoms with van der Waals surface area (Å²) >= 11 is 0. The van der Waals surface area contributed by atoms with Crippen LogP contribution in [0.4, 0.5) is 28.8 Å². The SMILES string of the molecule is COc1cc(N2CCC(NCCC(N)=O)CC2)ccc1Nc1nc(Nc2ccccc2S(=O)(=O)C(C)C)c2ccccc2n1. The number of rotatable bonds is 12. The third-order valence-corrected chi connectivity index (χ3v) is 9.98. The second kappa shape index (κ2) is 13.5. The van der Waals surface area contributed by atoms with Crippen molar-refractivity contribution in [1.82, 2.24) is 15.3 Å². The molecule has 0 bridgehead atoms. The molecule has 0 atom stereocenters. The van der Waals surface area contributed by atoms with Crippen LogP contribution in [0.3, 0.4) is 0 Å². The Morgan fingerprint density at radius 2 is 1.73 bits per heavy atom. The summed E-state index contributed by atoms with van der Waals surface area (Å²) < 4.78 is 31.9. The molecule has 232 valence electrons. The molecule has 2 heterocycles. The van der Waals surface area contributed by atoms with Gasteiger partial charge < -0.3 is 31.3 Å². The summed E-state index contributed by atoms with van der Waals surface area (Å²) in [5.74, 6) is 1.17. The second-order valence-electron chi connectivity index (χ2n) is 11.1. The van der Waals surface area contributed by atoms with E-state index >= 15 is 0 Å². The highest BCUT2D eigenvalue weighted by atomic mass is 32.2. The number of aromatic nitrogens is 2. The summed E-state index contributed by atoms with van der Waals surface area (Å²) in [6.45, 7) is 5.69. The van der Waals surface area contributed by atoms with E-state index in [9.17, 15) is 13.2 Å². The Morgan fingerprint density at radius 1 is 1.00 bits per heavy atom. The Labute approximate surface area is 258 Å². The zero-order chi connectivity index (χ0) is 31.3. The van der Waals surface area contributed by atoms with Crippen LogP contribution in [0.15, 0.2) is 71.6 Å². The van der Waals surface area contributed by atoms with Gasteiger partial charge in [0.05, 0.1) is 34.1 Å². The van der Waals surface area contributed by atoms with Gasteiger partial charge in [0.2, 0.25) is 11.9 Å². The molecule has 1 aliphatic heterocycles. The van der Waals surface area contributed by atoms with E-state index in [4.69, 9.17) is 20.4 Å². The molecule has 5 N–H and O–H groups in total. The van der Waals surface area contributed by atoms with Gasteiger partial charge in [0.15, 0.2) is 9.84 Å². The molecule has 1 aromatic heterocycles. The molecule has 0 unspecified atom stereocenters. The van der Waals surface area contributed by atoms with E-state index in [0.717, 1.165) is 37.0 Å². The number of primary amides is 1. The monoisotopic (exact) mass is 617 g/mol. The number of nitrogens with zero attached hydrogens (tertiary/aromatic N) is 3. The quantitative estimate of drug-likeness (QED) is 0.175. The van der Waals surface area contributed by atoms with Gasteiger partial charge in [0.25, 0.3) is 0 Å². The molecule has 1 aliphatic rings. The summed E-state index contributed by atoms with van der Waals surface area (Å²) in [4.78, 5) is 23.0. The van der Waals surface area contributed by atoms with Crippen molar-refractivity contribution in [1.29, 1.82) is 0 Å². The zero-order valence-corrected chi connectivity index (χ0v) is 26.0. The van der Waals surface area contributed by atoms with Crippen LogP contribution in [-0.4, -0.2) is 62.3 Å². The average molecular weight is 618 g/mol. The van der Waals surface area contributed by atoms with Crippen molar-refractivity contribution in [3.63, 3.8) is 0 Å². The Kier molecular flexibility index (Phi) is 9.50. The molecule has 0 saturated carbocycles. The fourth-order valence-corrected chi connectivity index (χ4v) is 6.47. The number of anilines is 5. The number of hydrogen-bond donors (Lipinski definition) is 4. The first kappa shape index (κ1) is 31.0. The molecule has 3 aromatic carbocycles. The van der Waals surface area contributed by atoms with E-state index in [-0.39, 0.29) is 10.8 Å². The van der Waals surface area contributed by atoms with Gasteiger partial charge in [-0.25, -0.2) is 13.4 Å². The van der Waals surface area contributed by atoms with Gasteiger partial charge in [-0.05, 0) is 63.1 Å². The molecule has 44 heavy (non-hydrogen) atoms. The number of hydrogen-bond acceptors (Lipinski definition) is 10. The molecular weight excluding hydrogens is 578 g/mol. The Hall–Kier alpha value is -4.42. The van der Waals surface area contributed by atoms with Crippen LogP contribution >= 0.6 is 0 Å². The molecule has 5 rings (SSSR count). The summed E-state index contributed by atoms with van der Waals surface area (Å²) in [7, 11) is -1.91. The molecule has 4 aromatic rings. The van der Waals surface area contributed by atoms with E-state index in [1.807, 2.05) is 42.5 Å². The lowest BCUT2D eigenvalue weighted by atomic mass is 10.0. The number of nitrogens with two attached hydrogens (primary N) is 1. The summed E-state index contributed by atoms with van der Waals surface area (Å²) in [5.41, 5.74) is 8.14. The minimum Gasteiger partial charge on any atom is -0.494 e. The van der Waals surface area contributed by atoms with Crippen molar-refractivity contribution in [3.8, 4) is 5.75 Å². The van der Waals surface area contributed by atoms with Gasteiger partial charge >= 0.3 is 0 Å². The third kappa shape index (κ3) is 7.03. The molecule has 1 amide bonds. The average Bonchev–Trinajstić information content (AvgIpc) is 3.01.